The Morgan fingerprint density at radius 1 is 1.08 bits per heavy atom. The Kier molecular flexibility index (Phi) is 5.39. The quantitative estimate of drug-likeness (QED) is 0.904. The van der Waals surface area contributed by atoms with E-state index in [2.05, 4.69) is 6.07 Å². The van der Waals surface area contributed by atoms with Gasteiger partial charge in [-0.2, -0.15) is 0 Å². The lowest BCUT2D eigenvalue weighted by atomic mass is 10.0. The zero-order valence-corrected chi connectivity index (χ0v) is 14.9. The highest BCUT2D eigenvalue weighted by Crippen LogP contribution is 2.20. The van der Waals surface area contributed by atoms with Gasteiger partial charge >= 0.3 is 0 Å². The van der Waals surface area contributed by atoms with Crippen molar-refractivity contribution in [2.75, 3.05) is 19.7 Å². The molecule has 0 saturated carbocycles. The molecule has 4 heteroatoms. The van der Waals surface area contributed by atoms with Gasteiger partial charge in [0.15, 0.2) is 0 Å². The molecule has 1 fully saturated rings. The lowest BCUT2D eigenvalue weighted by Crippen LogP contribution is -2.27. The number of hydrogen-bond acceptors (Lipinski definition) is 3. The van der Waals surface area contributed by atoms with Crippen molar-refractivity contribution in [1.29, 1.82) is 0 Å². The molecule has 1 heterocycles. The molecule has 2 aromatic rings. The number of likely N-dealkylation sites (tertiary alicyclic amines) is 1. The molecule has 1 N–H and O–H groups in total. The first-order valence-electron chi connectivity index (χ1n) is 8.81. The molecule has 132 valence electrons. The number of aryl methyl sites for hydroxylation is 2. The molecule has 1 saturated heterocycles. The van der Waals surface area contributed by atoms with E-state index in [9.17, 15) is 9.90 Å². The first-order chi connectivity index (χ1) is 12.0. The summed E-state index contributed by atoms with van der Waals surface area (Å²) in [5.74, 6) is 0.737. The molecule has 1 unspecified atom stereocenters. The summed E-state index contributed by atoms with van der Waals surface area (Å²) in [4.78, 5) is 14.2. The number of carbonyl (C=O) groups excluding carboxylic acids is 1. The van der Waals surface area contributed by atoms with E-state index in [1.54, 1.807) is 24.3 Å². The first-order valence-corrected chi connectivity index (χ1v) is 8.81. The number of benzene rings is 2. The van der Waals surface area contributed by atoms with Crippen LogP contribution < -0.4 is 4.74 Å². The molecular formula is C21H25NO3. The van der Waals surface area contributed by atoms with Crippen LogP contribution in [0.25, 0.3) is 0 Å². The Balaban J connectivity index is 1.58. The summed E-state index contributed by atoms with van der Waals surface area (Å²) in [6, 6.07) is 13.2. The van der Waals surface area contributed by atoms with Crippen molar-refractivity contribution >= 4 is 5.91 Å². The summed E-state index contributed by atoms with van der Waals surface area (Å²) in [5, 5.41) is 10.3. The van der Waals surface area contributed by atoms with Crippen molar-refractivity contribution in [3.05, 3.63) is 64.7 Å². The largest absolute Gasteiger partial charge is 0.491 e. The highest BCUT2D eigenvalue weighted by Gasteiger charge is 2.19. The fraction of sp³-hybridized carbons (Fsp3) is 0.381. The van der Waals surface area contributed by atoms with E-state index in [-0.39, 0.29) is 12.5 Å². The van der Waals surface area contributed by atoms with E-state index >= 15 is 0 Å². The second kappa shape index (κ2) is 7.70. The zero-order valence-electron chi connectivity index (χ0n) is 14.9. The smallest absolute Gasteiger partial charge is 0.253 e. The average molecular weight is 339 g/mol. The summed E-state index contributed by atoms with van der Waals surface area (Å²) in [6.45, 7) is 5.90. The van der Waals surface area contributed by atoms with Crippen molar-refractivity contribution in [3.8, 4) is 5.75 Å². The van der Waals surface area contributed by atoms with Crippen LogP contribution >= 0.6 is 0 Å². The predicted octanol–water partition coefficient (Wildman–Crippen LogP) is 3.65. The Morgan fingerprint density at radius 3 is 2.28 bits per heavy atom. The summed E-state index contributed by atoms with van der Waals surface area (Å²) < 4.78 is 5.69. The summed E-state index contributed by atoms with van der Waals surface area (Å²) in [5.41, 5.74) is 3.79. The maximum Gasteiger partial charge on any atom is 0.253 e. The van der Waals surface area contributed by atoms with Gasteiger partial charge in [0.1, 0.15) is 18.5 Å². The fourth-order valence-electron chi connectivity index (χ4n) is 3.27. The number of amides is 1. The van der Waals surface area contributed by atoms with E-state index in [1.807, 2.05) is 30.9 Å². The number of aliphatic hydroxyl groups excluding tert-OH is 1. The van der Waals surface area contributed by atoms with Crippen molar-refractivity contribution in [2.24, 2.45) is 0 Å². The molecule has 4 nitrogen and oxygen atoms in total. The Bertz CT molecular complexity index is 713. The fourth-order valence-corrected chi connectivity index (χ4v) is 3.27. The number of ether oxygens (including phenoxy) is 1. The molecule has 0 radical (unpaired) electrons. The monoisotopic (exact) mass is 339 g/mol. The third-order valence-electron chi connectivity index (χ3n) is 4.53. The third-order valence-corrected chi connectivity index (χ3v) is 4.53. The maximum atomic E-state index is 12.3. The summed E-state index contributed by atoms with van der Waals surface area (Å²) in [6.07, 6.45) is 1.50. The minimum atomic E-state index is -0.676. The first kappa shape index (κ1) is 17.5. The van der Waals surface area contributed by atoms with E-state index in [0.29, 0.717) is 11.3 Å². The minimum Gasteiger partial charge on any atom is -0.491 e. The third kappa shape index (κ3) is 4.40. The van der Waals surface area contributed by atoms with Crippen LogP contribution in [0, 0.1) is 13.8 Å². The lowest BCUT2D eigenvalue weighted by molar-refractivity contribution is 0.0792. The number of rotatable bonds is 5. The maximum absolute atomic E-state index is 12.3. The molecule has 1 aliphatic rings. The van der Waals surface area contributed by atoms with Crippen LogP contribution in [0.5, 0.6) is 5.75 Å². The molecule has 1 atom stereocenters. The lowest BCUT2D eigenvalue weighted by Gasteiger charge is -2.16. The topological polar surface area (TPSA) is 49.8 Å². The van der Waals surface area contributed by atoms with Crippen LogP contribution in [0.2, 0.25) is 0 Å². The van der Waals surface area contributed by atoms with Crippen LogP contribution in [0.15, 0.2) is 42.5 Å². The molecule has 0 bridgehead atoms. The van der Waals surface area contributed by atoms with Crippen LogP contribution in [0.3, 0.4) is 0 Å². The number of hydrogen-bond donors (Lipinski definition) is 1. The predicted molar refractivity (Wildman–Crippen MR) is 98.0 cm³/mol. The minimum absolute atomic E-state index is 0.0827. The van der Waals surface area contributed by atoms with Crippen molar-refractivity contribution in [2.45, 2.75) is 32.8 Å². The van der Waals surface area contributed by atoms with Gasteiger partial charge in [0.2, 0.25) is 0 Å². The van der Waals surface area contributed by atoms with Crippen molar-refractivity contribution in [1.82, 2.24) is 4.90 Å². The summed E-state index contributed by atoms with van der Waals surface area (Å²) in [7, 11) is 0. The van der Waals surface area contributed by atoms with Gasteiger partial charge in [-0.15, -0.1) is 0 Å². The Hall–Kier alpha value is -2.33. The molecular weight excluding hydrogens is 314 g/mol. The van der Waals surface area contributed by atoms with Gasteiger partial charge < -0.3 is 14.7 Å². The number of carbonyl (C=O) groups is 1. The number of nitrogens with zero attached hydrogens (tertiary/aromatic N) is 1. The van der Waals surface area contributed by atoms with Gasteiger partial charge in [0.05, 0.1) is 0 Å². The molecule has 0 aromatic heterocycles. The average Bonchev–Trinajstić information content (AvgIpc) is 3.13. The normalized spacial score (nSPS) is 15.2. The molecule has 1 aliphatic heterocycles. The van der Waals surface area contributed by atoms with Gasteiger partial charge in [0.25, 0.3) is 5.91 Å². The van der Waals surface area contributed by atoms with E-state index < -0.39 is 6.10 Å². The molecule has 3 rings (SSSR count). The standard InChI is InChI=1S/C21H25NO3/c1-15-11-16(2)13-18(12-15)20(23)14-25-19-7-5-17(6-8-19)21(24)22-9-3-4-10-22/h5-8,11-13,20,23H,3-4,9-10,14H2,1-2H3. The Labute approximate surface area is 149 Å². The molecule has 0 spiro atoms. The SMILES string of the molecule is Cc1cc(C)cc(C(O)COc2ccc(C(=O)N3CCCC3)cc2)c1. The van der Waals surface area contributed by atoms with Gasteiger partial charge in [-0.05, 0) is 56.5 Å². The van der Waals surface area contributed by atoms with Gasteiger partial charge in [-0.1, -0.05) is 29.3 Å². The van der Waals surface area contributed by atoms with Crippen LogP contribution in [-0.2, 0) is 0 Å². The van der Waals surface area contributed by atoms with E-state index in [1.165, 1.54) is 0 Å². The van der Waals surface area contributed by atoms with Crippen LogP contribution in [0.4, 0.5) is 0 Å². The second-order valence-electron chi connectivity index (χ2n) is 6.77. The molecule has 25 heavy (non-hydrogen) atoms. The van der Waals surface area contributed by atoms with Crippen LogP contribution in [-0.4, -0.2) is 35.6 Å². The Morgan fingerprint density at radius 2 is 1.68 bits per heavy atom. The summed E-state index contributed by atoms with van der Waals surface area (Å²) >= 11 is 0. The van der Waals surface area contributed by atoms with Gasteiger partial charge in [-0.25, -0.2) is 0 Å². The van der Waals surface area contributed by atoms with Crippen molar-refractivity contribution < 1.29 is 14.6 Å². The number of aliphatic hydroxyl groups is 1. The van der Waals surface area contributed by atoms with Gasteiger partial charge in [0, 0.05) is 18.7 Å². The van der Waals surface area contributed by atoms with Crippen LogP contribution in [0.1, 0.15) is 46.0 Å². The molecule has 2 aromatic carbocycles. The van der Waals surface area contributed by atoms with E-state index in [0.717, 1.165) is 42.6 Å². The zero-order chi connectivity index (χ0) is 17.8. The van der Waals surface area contributed by atoms with E-state index in [4.69, 9.17) is 4.74 Å². The van der Waals surface area contributed by atoms with Gasteiger partial charge in [-0.3, -0.25) is 4.79 Å². The highest BCUT2D eigenvalue weighted by molar-refractivity contribution is 5.94. The second-order valence-corrected chi connectivity index (χ2v) is 6.77. The molecule has 0 aliphatic carbocycles. The highest BCUT2D eigenvalue weighted by atomic mass is 16.5. The molecule has 1 amide bonds. The van der Waals surface area contributed by atoms with Crippen molar-refractivity contribution in [3.63, 3.8) is 0 Å².